The number of hydrogen-bond acceptors (Lipinski definition) is 8. The van der Waals surface area contributed by atoms with E-state index in [0.717, 1.165) is 57.8 Å². The summed E-state index contributed by atoms with van der Waals surface area (Å²) in [7, 11) is -4.62. The van der Waals surface area contributed by atoms with E-state index in [4.69, 9.17) is 29.4 Å². The number of allylic oxidation sites excluding steroid dienone is 6. The Bertz CT molecular complexity index is 1080. The summed E-state index contributed by atoms with van der Waals surface area (Å²) < 4.78 is 33.4. The van der Waals surface area contributed by atoms with E-state index in [2.05, 4.69) is 50.3 Å². The second-order valence-corrected chi connectivity index (χ2v) is 17.7. The highest BCUT2D eigenvalue weighted by atomic mass is 31.2. The van der Waals surface area contributed by atoms with E-state index < -0.39 is 45.1 Å². The van der Waals surface area contributed by atoms with Gasteiger partial charge in [-0.3, -0.25) is 18.6 Å². The monoisotopic (exact) mass is 856 g/mol. The van der Waals surface area contributed by atoms with Crippen LogP contribution < -0.4 is 5.73 Å². The van der Waals surface area contributed by atoms with Crippen molar-refractivity contribution in [2.75, 3.05) is 26.4 Å². The summed E-state index contributed by atoms with van der Waals surface area (Å²) >= 11 is 0. The normalized spacial score (nSPS) is 14.1. The molecule has 0 heterocycles. The molecule has 0 fully saturated rings. The van der Waals surface area contributed by atoms with Crippen LogP contribution in [0.3, 0.4) is 0 Å². The number of unbranched alkanes of at least 4 members (excludes halogenated alkanes) is 26. The number of hydrogen-bond donors (Lipinski definition) is 3. The van der Waals surface area contributed by atoms with Crippen molar-refractivity contribution >= 4 is 19.8 Å². The van der Waals surface area contributed by atoms with E-state index in [1.165, 1.54) is 135 Å². The number of ether oxygens (including phenoxy) is 2. The van der Waals surface area contributed by atoms with E-state index in [-0.39, 0.29) is 13.0 Å². The molecule has 0 radical (unpaired) electrons. The van der Waals surface area contributed by atoms with Gasteiger partial charge in [0, 0.05) is 13.0 Å². The molecule has 0 saturated carbocycles. The molecule has 346 valence electrons. The predicted molar refractivity (Wildman–Crippen MR) is 245 cm³/mol. The minimum atomic E-state index is -4.62. The highest BCUT2D eigenvalue weighted by Gasteiger charge is 2.27. The van der Waals surface area contributed by atoms with Gasteiger partial charge in [-0.05, 0) is 70.6 Å². The minimum Gasteiger partial charge on any atom is -0.480 e. The molecule has 4 N–H and O–H groups in total. The Kier molecular flexibility index (Phi) is 42.9. The lowest BCUT2D eigenvalue weighted by Crippen LogP contribution is -2.34. The number of carboxylic acid groups (broad SMARTS) is 1. The molecular formula is C48H90NO9P. The predicted octanol–water partition coefficient (Wildman–Crippen LogP) is 13.7. The smallest absolute Gasteiger partial charge is 0.472 e. The van der Waals surface area contributed by atoms with Crippen molar-refractivity contribution in [3.05, 3.63) is 36.5 Å². The Labute approximate surface area is 361 Å². The molecule has 11 heteroatoms. The molecule has 0 aromatic rings. The van der Waals surface area contributed by atoms with Crippen LogP contribution in [-0.4, -0.2) is 60.5 Å². The van der Waals surface area contributed by atoms with Gasteiger partial charge in [0.15, 0.2) is 0 Å². The molecule has 3 atom stereocenters. The van der Waals surface area contributed by atoms with Gasteiger partial charge in [-0.25, -0.2) is 4.57 Å². The van der Waals surface area contributed by atoms with Crippen molar-refractivity contribution in [1.82, 2.24) is 0 Å². The van der Waals surface area contributed by atoms with Crippen molar-refractivity contribution < 1.29 is 42.7 Å². The van der Waals surface area contributed by atoms with Gasteiger partial charge in [0.2, 0.25) is 0 Å². The Morgan fingerprint density at radius 2 is 0.932 bits per heavy atom. The van der Waals surface area contributed by atoms with Gasteiger partial charge in [-0.1, -0.05) is 179 Å². The van der Waals surface area contributed by atoms with Gasteiger partial charge in [0.05, 0.1) is 19.8 Å². The quantitative estimate of drug-likeness (QED) is 0.0233. The maximum Gasteiger partial charge on any atom is 0.472 e. The Hall–Kier alpha value is -1.81. The van der Waals surface area contributed by atoms with Crippen LogP contribution in [0.2, 0.25) is 0 Å². The van der Waals surface area contributed by atoms with Crippen LogP contribution in [0.5, 0.6) is 0 Å². The highest BCUT2D eigenvalue weighted by molar-refractivity contribution is 7.47. The van der Waals surface area contributed by atoms with Crippen LogP contribution in [0.4, 0.5) is 0 Å². The van der Waals surface area contributed by atoms with Crippen LogP contribution in [0.1, 0.15) is 219 Å². The van der Waals surface area contributed by atoms with Crippen molar-refractivity contribution in [3.63, 3.8) is 0 Å². The number of carbonyl (C=O) groups excluding carboxylic acids is 1. The number of phosphoric acid groups is 1. The first kappa shape index (κ1) is 57.2. The summed E-state index contributed by atoms with van der Waals surface area (Å²) in [4.78, 5) is 33.6. The molecule has 0 aromatic heterocycles. The number of phosphoric ester groups is 1. The highest BCUT2D eigenvalue weighted by Crippen LogP contribution is 2.43. The van der Waals surface area contributed by atoms with Crippen molar-refractivity contribution in [2.24, 2.45) is 5.73 Å². The summed E-state index contributed by atoms with van der Waals surface area (Å²) in [6.45, 7) is 3.87. The number of rotatable bonds is 46. The van der Waals surface area contributed by atoms with Crippen molar-refractivity contribution in [3.8, 4) is 0 Å². The van der Waals surface area contributed by atoms with Crippen LogP contribution in [0.15, 0.2) is 36.5 Å². The van der Waals surface area contributed by atoms with Gasteiger partial charge in [0.25, 0.3) is 0 Å². The third-order valence-corrected chi connectivity index (χ3v) is 11.3. The van der Waals surface area contributed by atoms with E-state index >= 15 is 0 Å². The fourth-order valence-corrected chi connectivity index (χ4v) is 7.41. The van der Waals surface area contributed by atoms with E-state index in [1.807, 2.05) is 0 Å². The van der Waals surface area contributed by atoms with Crippen molar-refractivity contribution in [1.29, 1.82) is 0 Å². The number of nitrogens with two attached hydrogens (primary N) is 1. The summed E-state index contributed by atoms with van der Waals surface area (Å²) in [5, 5.41) is 8.91. The van der Waals surface area contributed by atoms with Crippen LogP contribution in [0, 0.1) is 0 Å². The lowest BCUT2D eigenvalue weighted by Gasteiger charge is -2.20. The Morgan fingerprint density at radius 3 is 1.41 bits per heavy atom. The van der Waals surface area contributed by atoms with Gasteiger partial charge < -0.3 is 25.2 Å². The first-order valence-corrected chi connectivity index (χ1v) is 25.5. The number of carboxylic acids is 1. The van der Waals surface area contributed by atoms with E-state index in [0.29, 0.717) is 13.0 Å². The number of carbonyl (C=O) groups is 2. The SMILES string of the molecule is CCCCCC/C=C\C/C=C\CCCCCCCCCCOCC(COP(=O)(O)OCC(N)C(=O)O)OC(=O)CCCCCCCCC/C=C\CCCCCCCCC. The van der Waals surface area contributed by atoms with Crippen LogP contribution in [0.25, 0.3) is 0 Å². The molecule has 10 nitrogen and oxygen atoms in total. The summed E-state index contributed by atoms with van der Waals surface area (Å²) in [5.41, 5.74) is 5.37. The van der Waals surface area contributed by atoms with Gasteiger partial charge in [-0.2, -0.15) is 0 Å². The Morgan fingerprint density at radius 1 is 0.542 bits per heavy atom. The Balaban J connectivity index is 4.19. The van der Waals surface area contributed by atoms with Gasteiger partial charge in [0.1, 0.15) is 12.1 Å². The second-order valence-electron chi connectivity index (χ2n) is 16.2. The molecule has 0 amide bonds. The molecular weight excluding hydrogens is 765 g/mol. The van der Waals surface area contributed by atoms with Crippen LogP contribution in [-0.2, 0) is 32.7 Å². The molecule has 0 aliphatic rings. The van der Waals surface area contributed by atoms with E-state index in [1.54, 1.807) is 0 Å². The second kappa shape index (κ2) is 44.3. The van der Waals surface area contributed by atoms with E-state index in [9.17, 15) is 19.0 Å². The molecule has 3 unspecified atom stereocenters. The van der Waals surface area contributed by atoms with Crippen LogP contribution >= 0.6 is 7.82 Å². The first-order valence-electron chi connectivity index (χ1n) is 24.0. The fraction of sp³-hybridized carbons (Fsp3) is 0.833. The molecule has 59 heavy (non-hydrogen) atoms. The first-order chi connectivity index (χ1) is 28.7. The number of aliphatic carboxylic acids is 1. The largest absolute Gasteiger partial charge is 0.480 e. The molecule has 0 bridgehead atoms. The summed E-state index contributed by atoms with van der Waals surface area (Å²) in [5.74, 6) is -1.78. The van der Waals surface area contributed by atoms with Gasteiger partial charge >= 0.3 is 19.8 Å². The maximum atomic E-state index is 12.7. The zero-order valence-electron chi connectivity index (χ0n) is 37.9. The topological polar surface area (TPSA) is 155 Å². The fourth-order valence-electron chi connectivity index (χ4n) is 6.63. The lowest BCUT2D eigenvalue weighted by atomic mass is 10.1. The van der Waals surface area contributed by atoms with Crippen molar-refractivity contribution in [2.45, 2.75) is 231 Å². The molecule has 0 aromatic carbocycles. The summed E-state index contributed by atoms with van der Waals surface area (Å²) in [6.07, 6.45) is 50.5. The third-order valence-electron chi connectivity index (χ3n) is 10.4. The number of esters is 1. The van der Waals surface area contributed by atoms with Gasteiger partial charge in [-0.15, -0.1) is 0 Å². The zero-order chi connectivity index (χ0) is 43.3. The zero-order valence-corrected chi connectivity index (χ0v) is 38.7. The maximum absolute atomic E-state index is 12.7. The third kappa shape index (κ3) is 44.1. The molecule has 0 spiro atoms. The molecule has 0 saturated heterocycles. The average Bonchev–Trinajstić information content (AvgIpc) is 3.21. The standard InChI is InChI=1S/C48H90NO9P/c1-3-5-7-9-11-13-15-17-19-21-23-25-27-29-31-33-35-37-39-41-55-42-45(43-56-59(53,54)57-44-46(49)48(51)52)58-47(50)40-38-36-34-32-30-28-26-24-22-20-18-16-14-12-10-8-6-4-2/h13,15,19-22,45-46H,3-12,14,16-18,23-44,49H2,1-2H3,(H,51,52)(H,53,54)/b15-13-,21-19-,22-20-. The molecule has 0 aliphatic heterocycles. The molecule has 0 aliphatic carbocycles. The summed E-state index contributed by atoms with van der Waals surface area (Å²) in [6, 6.07) is -1.47. The lowest BCUT2D eigenvalue weighted by molar-refractivity contribution is -0.154. The average molecular weight is 856 g/mol. The molecule has 0 rings (SSSR count). The minimum absolute atomic E-state index is 0.0124.